The average molecular weight is 363 g/mol. The Kier molecular flexibility index (Phi) is 5.90. The number of rotatable bonds is 5. The van der Waals surface area contributed by atoms with E-state index in [1.54, 1.807) is 18.5 Å². The number of benzene rings is 1. The molecule has 1 amide bonds. The number of nitrogens with zero attached hydrogens (tertiary/aromatic N) is 1. The van der Waals surface area contributed by atoms with Crippen molar-refractivity contribution in [3.8, 4) is 11.3 Å². The normalized spacial score (nSPS) is 10.6. The number of hydrogen-bond acceptors (Lipinski definition) is 4. The molecule has 3 rings (SSSR count). The fourth-order valence-electron chi connectivity index (χ4n) is 2.24. The van der Waals surface area contributed by atoms with E-state index in [1.807, 2.05) is 54.6 Å². The van der Waals surface area contributed by atoms with Gasteiger partial charge in [-0.25, -0.2) is 0 Å². The van der Waals surface area contributed by atoms with Crippen LogP contribution < -0.4 is 10.6 Å². The summed E-state index contributed by atoms with van der Waals surface area (Å²) in [5.74, 6) is 1.01. The first-order valence-corrected chi connectivity index (χ1v) is 8.42. The van der Waals surface area contributed by atoms with E-state index >= 15 is 0 Å². The Hall–Kier alpha value is -3.25. The van der Waals surface area contributed by atoms with Crippen molar-refractivity contribution in [2.45, 2.75) is 6.54 Å². The van der Waals surface area contributed by atoms with Crippen LogP contribution in [0.4, 0.5) is 0 Å². The fourth-order valence-corrected chi connectivity index (χ4v) is 2.41. The number of thiocarbonyl (C=S) groups is 1. The molecule has 130 valence electrons. The Morgan fingerprint density at radius 3 is 2.73 bits per heavy atom. The lowest BCUT2D eigenvalue weighted by molar-refractivity contribution is -0.115. The summed E-state index contributed by atoms with van der Waals surface area (Å²) in [7, 11) is 0. The van der Waals surface area contributed by atoms with Gasteiger partial charge in [-0.3, -0.25) is 15.1 Å². The van der Waals surface area contributed by atoms with Gasteiger partial charge in [-0.05, 0) is 42.1 Å². The molecule has 5 nitrogen and oxygen atoms in total. The summed E-state index contributed by atoms with van der Waals surface area (Å²) in [5.41, 5.74) is 1.96. The van der Waals surface area contributed by atoms with Gasteiger partial charge in [-0.2, -0.15) is 0 Å². The van der Waals surface area contributed by atoms with Crippen LogP contribution in [0, 0.1) is 0 Å². The minimum atomic E-state index is -0.327. The maximum atomic E-state index is 11.9. The zero-order valence-corrected chi connectivity index (χ0v) is 14.7. The molecule has 0 aliphatic heterocycles. The van der Waals surface area contributed by atoms with Crippen molar-refractivity contribution in [2.24, 2.45) is 0 Å². The number of nitrogens with one attached hydrogen (secondary N) is 2. The van der Waals surface area contributed by atoms with Gasteiger partial charge >= 0.3 is 0 Å². The van der Waals surface area contributed by atoms with Gasteiger partial charge in [-0.1, -0.05) is 36.4 Å². The number of carbonyl (C=O) groups is 1. The lowest BCUT2D eigenvalue weighted by Gasteiger charge is -2.07. The van der Waals surface area contributed by atoms with Crippen molar-refractivity contribution in [2.75, 3.05) is 0 Å². The Morgan fingerprint density at radius 1 is 1.12 bits per heavy atom. The molecule has 2 aromatic heterocycles. The van der Waals surface area contributed by atoms with Crippen LogP contribution in [-0.2, 0) is 11.3 Å². The third-order valence-corrected chi connectivity index (χ3v) is 3.74. The summed E-state index contributed by atoms with van der Waals surface area (Å²) >= 11 is 5.11. The molecule has 0 radical (unpaired) electrons. The van der Waals surface area contributed by atoms with E-state index in [4.69, 9.17) is 16.6 Å². The van der Waals surface area contributed by atoms with Crippen LogP contribution in [0.1, 0.15) is 11.3 Å². The Bertz CT molecular complexity index is 905. The lowest BCUT2D eigenvalue weighted by atomic mass is 10.2. The van der Waals surface area contributed by atoms with E-state index in [9.17, 15) is 4.79 Å². The molecule has 0 bridgehead atoms. The van der Waals surface area contributed by atoms with Gasteiger partial charge in [0, 0.05) is 30.6 Å². The summed E-state index contributed by atoms with van der Waals surface area (Å²) in [6.45, 7) is 0.495. The fraction of sp³-hybridized carbons (Fsp3) is 0.0500. The second-order valence-corrected chi connectivity index (χ2v) is 5.84. The van der Waals surface area contributed by atoms with E-state index < -0.39 is 0 Å². The van der Waals surface area contributed by atoms with Crippen molar-refractivity contribution in [3.05, 3.63) is 84.4 Å². The predicted octanol–water partition coefficient (Wildman–Crippen LogP) is 3.55. The second-order valence-electron chi connectivity index (χ2n) is 5.43. The third kappa shape index (κ3) is 5.12. The maximum absolute atomic E-state index is 11.9. The molecule has 2 heterocycles. The largest absolute Gasteiger partial charge is 0.457 e. The first-order valence-electron chi connectivity index (χ1n) is 8.02. The second kappa shape index (κ2) is 8.73. The Labute approximate surface area is 156 Å². The lowest BCUT2D eigenvalue weighted by Crippen LogP contribution is -2.37. The van der Waals surface area contributed by atoms with Gasteiger partial charge in [-0.15, -0.1) is 0 Å². The highest BCUT2D eigenvalue weighted by Crippen LogP contribution is 2.22. The summed E-state index contributed by atoms with van der Waals surface area (Å²) in [4.78, 5) is 16.0. The zero-order chi connectivity index (χ0) is 18.2. The number of pyridine rings is 1. The molecule has 0 fully saturated rings. The molecule has 2 N–H and O–H groups in total. The first-order chi connectivity index (χ1) is 12.7. The topological polar surface area (TPSA) is 67.2 Å². The third-order valence-electron chi connectivity index (χ3n) is 3.50. The highest BCUT2D eigenvalue weighted by atomic mass is 32.1. The van der Waals surface area contributed by atoms with Crippen LogP contribution in [0.25, 0.3) is 17.4 Å². The van der Waals surface area contributed by atoms with Gasteiger partial charge in [0.2, 0.25) is 5.91 Å². The highest BCUT2D eigenvalue weighted by molar-refractivity contribution is 7.80. The van der Waals surface area contributed by atoms with Crippen molar-refractivity contribution in [1.82, 2.24) is 15.6 Å². The Balaban J connectivity index is 1.50. The van der Waals surface area contributed by atoms with E-state index in [0.717, 1.165) is 16.9 Å². The molecule has 0 saturated heterocycles. The van der Waals surface area contributed by atoms with Crippen LogP contribution in [-0.4, -0.2) is 16.0 Å². The molecule has 6 heteroatoms. The van der Waals surface area contributed by atoms with E-state index in [2.05, 4.69) is 15.6 Å². The molecule has 0 spiro atoms. The van der Waals surface area contributed by atoms with Crippen molar-refractivity contribution >= 4 is 29.3 Å². The van der Waals surface area contributed by atoms with Crippen LogP contribution in [0.2, 0.25) is 0 Å². The molecule has 0 aliphatic carbocycles. The van der Waals surface area contributed by atoms with Gasteiger partial charge in [0.25, 0.3) is 0 Å². The van der Waals surface area contributed by atoms with Gasteiger partial charge in [0.05, 0.1) is 0 Å². The standard InChI is InChI=1S/C20H17N3O2S/c24-19(23-20(26)22-14-15-5-4-12-21-13-15)11-9-17-8-10-18(25-17)16-6-2-1-3-7-16/h1-13H,14H2,(H2,22,23,24,26)/b11-9+. The van der Waals surface area contributed by atoms with E-state index in [1.165, 1.54) is 6.08 Å². The van der Waals surface area contributed by atoms with Crippen LogP contribution in [0.5, 0.6) is 0 Å². The van der Waals surface area contributed by atoms with Gasteiger partial charge in [0.15, 0.2) is 5.11 Å². The minimum absolute atomic E-state index is 0.257. The number of amides is 1. The van der Waals surface area contributed by atoms with Gasteiger partial charge < -0.3 is 9.73 Å². The van der Waals surface area contributed by atoms with Crippen molar-refractivity contribution < 1.29 is 9.21 Å². The molecule has 0 atom stereocenters. The molecule has 1 aromatic carbocycles. The highest BCUT2D eigenvalue weighted by Gasteiger charge is 2.04. The van der Waals surface area contributed by atoms with E-state index in [-0.39, 0.29) is 11.0 Å². The number of furan rings is 1. The van der Waals surface area contributed by atoms with Crippen LogP contribution in [0.15, 0.2) is 77.5 Å². The molecular weight excluding hydrogens is 346 g/mol. The monoisotopic (exact) mass is 363 g/mol. The van der Waals surface area contributed by atoms with Crippen molar-refractivity contribution in [3.63, 3.8) is 0 Å². The van der Waals surface area contributed by atoms with E-state index in [0.29, 0.717) is 12.3 Å². The average Bonchev–Trinajstić information content (AvgIpc) is 3.15. The zero-order valence-electron chi connectivity index (χ0n) is 13.9. The predicted molar refractivity (Wildman–Crippen MR) is 105 cm³/mol. The summed E-state index contributed by atoms with van der Waals surface area (Å²) in [5, 5.41) is 5.80. The van der Waals surface area contributed by atoms with Gasteiger partial charge in [0.1, 0.15) is 11.5 Å². The number of hydrogen-bond donors (Lipinski definition) is 2. The minimum Gasteiger partial charge on any atom is -0.457 e. The maximum Gasteiger partial charge on any atom is 0.250 e. The van der Waals surface area contributed by atoms with Crippen LogP contribution >= 0.6 is 12.2 Å². The molecule has 0 unspecified atom stereocenters. The van der Waals surface area contributed by atoms with Crippen LogP contribution in [0.3, 0.4) is 0 Å². The first kappa shape index (κ1) is 17.6. The number of carbonyl (C=O) groups excluding carboxylic acids is 1. The number of aromatic nitrogens is 1. The molecular formula is C20H17N3O2S. The SMILES string of the molecule is O=C(/C=C/c1ccc(-c2ccccc2)o1)NC(=S)NCc1cccnc1. The molecule has 3 aromatic rings. The Morgan fingerprint density at radius 2 is 1.96 bits per heavy atom. The summed E-state index contributed by atoms with van der Waals surface area (Å²) in [6, 6.07) is 17.2. The summed E-state index contributed by atoms with van der Waals surface area (Å²) < 4.78 is 5.71. The quantitative estimate of drug-likeness (QED) is 0.536. The molecule has 0 aliphatic rings. The van der Waals surface area contributed by atoms with Crippen molar-refractivity contribution in [1.29, 1.82) is 0 Å². The molecule has 26 heavy (non-hydrogen) atoms. The summed E-state index contributed by atoms with van der Waals surface area (Å²) in [6.07, 6.45) is 6.42. The molecule has 0 saturated carbocycles. The smallest absolute Gasteiger partial charge is 0.250 e.